The number of halogens is 1. The normalized spacial score (nSPS) is 44.0. The summed E-state index contributed by atoms with van der Waals surface area (Å²) >= 11 is 7.65. The summed E-state index contributed by atoms with van der Waals surface area (Å²) < 4.78 is 0.838. The van der Waals surface area contributed by atoms with Crippen molar-refractivity contribution in [3.8, 4) is 0 Å². The van der Waals surface area contributed by atoms with Crippen LogP contribution in [0.4, 0.5) is 0 Å². The second-order valence-corrected chi connectivity index (χ2v) is 9.86. The third-order valence-corrected chi connectivity index (χ3v) is 7.38. The first-order valence-electron chi connectivity index (χ1n) is 7.89. The molecule has 1 heterocycles. The maximum atomic E-state index is 11.0. The van der Waals surface area contributed by atoms with E-state index in [2.05, 4.69) is 13.0 Å². The highest BCUT2D eigenvalue weighted by molar-refractivity contribution is 7.16. The fourth-order valence-corrected chi connectivity index (χ4v) is 7.18. The van der Waals surface area contributed by atoms with E-state index in [4.69, 9.17) is 11.6 Å². The van der Waals surface area contributed by atoms with Gasteiger partial charge in [0.25, 0.3) is 0 Å². The lowest BCUT2D eigenvalue weighted by atomic mass is 9.43. The van der Waals surface area contributed by atoms with Gasteiger partial charge in [0.05, 0.1) is 10.4 Å². The number of aliphatic hydroxyl groups is 1. The first kappa shape index (κ1) is 13.6. The van der Waals surface area contributed by atoms with Gasteiger partial charge in [-0.25, -0.2) is 0 Å². The summed E-state index contributed by atoms with van der Waals surface area (Å²) in [6.45, 7) is 2.47. The quantitative estimate of drug-likeness (QED) is 0.841. The molecule has 3 heteroatoms. The molecular weight excluding hydrogens is 288 g/mol. The highest BCUT2D eigenvalue weighted by atomic mass is 35.5. The van der Waals surface area contributed by atoms with Gasteiger partial charge in [-0.05, 0) is 73.3 Å². The van der Waals surface area contributed by atoms with Crippen molar-refractivity contribution in [2.24, 2.45) is 22.7 Å². The van der Waals surface area contributed by atoms with E-state index in [1.807, 2.05) is 6.07 Å². The van der Waals surface area contributed by atoms with Crippen LogP contribution >= 0.6 is 22.9 Å². The molecule has 1 N–H and O–H groups in total. The predicted octanol–water partition coefficient (Wildman–Crippen LogP) is 4.91. The SMILES string of the molecule is CC12CC3CC(C1)CC(C(O)Cc1ccc(Cl)s1)(C3)C2. The Morgan fingerprint density at radius 1 is 1.30 bits per heavy atom. The van der Waals surface area contributed by atoms with Crippen LogP contribution < -0.4 is 0 Å². The largest absolute Gasteiger partial charge is 0.392 e. The molecule has 110 valence electrons. The fraction of sp³-hybridized carbons (Fsp3) is 0.765. The monoisotopic (exact) mass is 310 g/mol. The summed E-state index contributed by atoms with van der Waals surface area (Å²) in [6.07, 6.45) is 8.63. The standard InChI is InChI=1S/C17H23ClOS/c1-16-6-11-4-12(7-16)9-17(8-11,10-16)14(19)5-13-2-3-15(18)20-13/h2-3,11-12,14,19H,4-10H2,1H3. The molecule has 1 aromatic rings. The van der Waals surface area contributed by atoms with E-state index in [1.54, 1.807) is 11.3 Å². The zero-order valence-corrected chi connectivity index (χ0v) is 13.6. The van der Waals surface area contributed by atoms with Crippen LogP contribution in [-0.2, 0) is 6.42 Å². The van der Waals surface area contributed by atoms with Gasteiger partial charge >= 0.3 is 0 Å². The molecule has 0 amide bonds. The lowest BCUT2D eigenvalue weighted by Gasteiger charge is -2.62. The zero-order valence-electron chi connectivity index (χ0n) is 12.1. The fourth-order valence-electron chi connectivity index (χ4n) is 6.06. The highest BCUT2D eigenvalue weighted by Gasteiger charge is 2.58. The van der Waals surface area contributed by atoms with E-state index in [-0.39, 0.29) is 11.5 Å². The molecule has 4 aliphatic carbocycles. The van der Waals surface area contributed by atoms with Gasteiger partial charge in [0.15, 0.2) is 0 Å². The van der Waals surface area contributed by atoms with Gasteiger partial charge in [0.2, 0.25) is 0 Å². The Balaban J connectivity index is 1.57. The lowest BCUT2D eigenvalue weighted by Crippen LogP contribution is -2.55. The van der Waals surface area contributed by atoms with Gasteiger partial charge in [0, 0.05) is 11.3 Å². The van der Waals surface area contributed by atoms with Crippen LogP contribution in [0.25, 0.3) is 0 Å². The smallest absolute Gasteiger partial charge is 0.0931 e. The lowest BCUT2D eigenvalue weighted by molar-refractivity contribution is -0.152. The van der Waals surface area contributed by atoms with E-state index in [9.17, 15) is 5.11 Å². The molecule has 0 radical (unpaired) electrons. The molecule has 0 aromatic carbocycles. The van der Waals surface area contributed by atoms with Crippen molar-refractivity contribution in [2.75, 3.05) is 0 Å². The summed E-state index contributed by atoms with van der Waals surface area (Å²) in [7, 11) is 0. The number of hydrogen-bond acceptors (Lipinski definition) is 2. The number of aliphatic hydroxyl groups excluding tert-OH is 1. The second kappa shape index (κ2) is 4.47. The van der Waals surface area contributed by atoms with Crippen LogP contribution in [0.15, 0.2) is 12.1 Å². The molecule has 4 aliphatic rings. The average Bonchev–Trinajstić information content (AvgIpc) is 2.71. The predicted molar refractivity (Wildman–Crippen MR) is 84.3 cm³/mol. The Bertz CT molecular complexity index is 509. The third-order valence-electron chi connectivity index (χ3n) is 6.13. The van der Waals surface area contributed by atoms with Crippen LogP contribution in [0.2, 0.25) is 4.34 Å². The van der Waals surface area contributed by atoms with E-state index in [1.165, 1.54) is 43.4 Å². The van der Waals surface area contributed by atoms with Crippen LogP contribution in [-0.4, -0.2) is 11.2 Å². The Morgan fingerprint density at radius 3 is 2.55 bits per heavy atom. The molecular formula is C17H23ClOS. The number of hydrogen-bond donors (Lipinski definition) is 1. The first-order valence-corrected chi connectivity index (χ1v) is 9.08. The molecule has 0 saturated heterocycles. The highest BCUT2D eigenvalue weighted by Crippen LogP contribution is 2.66. The van der Waals surface area contributed by atoms with E-state index >= 15 is 0 Å². The zero-order chi connectivity index (χ0) is 14.0. The second-order valence-electron chi connectivity index (χ2n) is 8.06. The summed E-state index contributed by atoms with van der Waals surface area (Å²) in [5.74, 6) is 1.76. The molecule has 0 spiro atoms. The topological polar surface area (TPSA) is 20.2 Å². The maximum Gasteiger partial charge on any atom is 0.0931 e. The average molecular weight is 311 g/mol. The van der Waals surface area contributed by atoms with E-state index in [0.717, 1.165) is 22.6 Å². The van der Waals surface area contributed by atoms with Crippen molar-refractivity contribution in [1.29, 1.82) is 0 Å². The summed E-state index contributed by atoms with van der Waals surface area (Å²) in [4.78, 5) is 1.24. The van der Waals surface area contributed by atoms with Crippen LogP contribution in [0.1, 0.15) is 50.3 Å². The summed E-state index contributed by atoms with van der Waals surface area (Å²) in [5, 5.41) is 11.0. The van der Waals surface area contributed by atoms with Crippen molar-refractivity contribution >= 4 is 22.9 Å². The third kappa shape index (κ3) is 2.15. The van der Waals surface area contributed by atoms with Crippen molar-refractivity contribution in [3.63, 3.8) is 0 Å². The minimum atomic E-state index is -0.178. The van der Waals surface area contributed by atoms with Crippen molar-refractivity contribution in [1.82, 2.24) is 0 Å². The molecule has 5 rings (SSSR count). The van der Waals surface area contributed by atoms with Crippen LogP contribution in [0.3, 0.4) is 0 Å². The van der Waals surface area contributed by atoms with Gasteiger partial charge in [0.1, 0.15) is 0 Å². The van der Waals surface area contributed by atoms with Gasteiger partial charge in [-0.1, -0.05) is 18.5 Å². The molecule has 1 aromatic heterocycles. The van der Waals surface area contributed by atoms with Crippen molar-refractivity contribution < 1.29 is 5.11 Å². The molecule has 20 heavy (non-hydrogen) atoms. The molecule has 1 nitrogen and oxygen atoms in total. The first-order chi connectivity index (χ1) is 9.46. The van der Waals surface area contributed by atoms with Gasteiger partial charge < -0.3 is 5.11 Å². The molecule has 4 fully saturated rings. The van der Waals surface area contributed by atoms with Crippen LogP contribution in [0, 0.1) is 22.7 Å². The minimum Gasteiger partial charge on any atom is -0.392 e. The molecule has 3 atom stereocenters. The summed E-state index contributed by atoms with van der Waals surface area (Å²) in [6, 6.07) is 4.04. The molecule has 0 aliphatic heterocycles. The van der Waals surface area contributed by atoms with Gasteiger partial charge in [-0.3, -0.25) is 0 Å². The van der Waals surface area contributed by atoms with Gasteiger partial charge in [-0.2, -0.15) is 0 Å². The number of thiophene rings is 1. The Labute approximate surface area is 130 Å². The Kier molecular flexibility index (Phi) is 3.04. The number of rotatable bonds is 3. The van der Waals surface area contributed by atoms with Gasteiger partial charge in [-0.15, -0.1) is 11.3 Å². The molecule has 4 bridgehead atoms. The minimum absolute atomic E-state index is 0.178. The van der Waals surface area contributed by atoms with E-state index in [0.29, 0.717) is 5.41 Å². The van der Waals surface area contributed by atoms with Crippen molar-refractivity contribution in [3.05, 3.63) is 21.3 Å². The molecule has 4 saturated carbocycles. The molecule has 3 unspecified atom stereocenters. The van der Waals surface area contributed by atoms with E-state index < -0.39 is 0 Å². The van der Waals surface area contributed by atoms with Crippen molar-refractivity contribution in [2.45, 2.75) is 58.0 Å². The Hall–Kier alpha value is -0.0500. The van der Waals surface area contributed by atoms with Crippen LogP contribution in [0.5, 0.6) is 0 Å². The summed E-state index contributed by atoms with van der Waals surface area (Å²) in [5.41, 5.74) is 0.716. The maximum absolute atomic E-state index is 11.0. The Morgan fingerprint density at radius 2 is 2.00 bits per heavy atom.